The van der Waals surface area contributed by atoms with Crippen molar-refractivity contribution in [2.75, 3.05) is 17.3 Å². The van der Waals surface area contributed by atoms with E-state index in [1.54, 1.807) is 19.1 Å². The standard InChI is InChI=1S/C30H26N8O6/c1-17-27(32-34-36(17)33-19-10-14-21(15-11-19)38(43)44)28(39)26-25(18-8-12-20(13-9-18)37(41)42)24-7-4-16-35(24)30(26)22-5-2-3-6-23(22)31-29(30)40/h2-3,5-6,8-15,24-26,33H,4,7,16H2,1H3,(H,31,40). The van der Waals surface area contributed by atoms with Crippen molar-refractivity contribution in [2.24, 2.45) is 5.92 Å². The first-order chi connectivity index (χ1) is 21.2. The number of rotatable bonds is 7. The number of non-ortho nitro benzene ring substituents is 2. The Hall–Kier alpha value is -5.50. The fourth-order valence-electron chi connectivity index (χ4n) is 7.30. The Morgan fingerprint density at radius 1 is 1.00 bits per heavy atom. The molecule has 1 spiro atoms. The van der Waals surface area contributed by atoms with Gasteiger partial charge in [-0.15, -0.1) is 5.10 Å². The molecule has 14 nitrogen and oxygen atoms in total. The predicted molar refractivity (Wildman–Crippen MR) is 157 cm³/mol. The summed E-state index contributed by atoms with van der Waals surface area (Å²) in [6.45, 7) is 2.28. The number of fused-ring (bicyclic) bond motifs is 4. The summed E-state index contributed by atoms with van der Waals surface area (Å²) in [5.41, 5.74) is 4.61. The van der Waals surface area contributed by atoms with Gasteiger partial charge in [-0.2, -0.15) is 4.79 Å². The minimum absolute atomic E-state index is 0.0623. The average Bonchev–Trinajstić information content (AvgIpc) is 3.77. The summed E-state index contributed by atoms with van der Waals surface area (Å²) in [7, 11) is 0. The van der Waals surface area contributed by atoms with Gasteiger partial charge < -0.3 is 5.32 Å². The molecule has 0 bridgehead atoms. The van der Waals surface area contributed by atoms with Crippen LogP contribution < -0.4 is 10.7 Å². The van der Waals surface area contributed by atoms with Gasteiger partial charge in [0.15, 0.2) is 11.5 Å². The van der Waals surface area contributed by atoms with Crippen molar-refractivity contribution in [1.29, 1.82) is 0 Å². The Bertz CT molecular complexity index is 1840. The zero-order chi connectivity index (χ0) is 30.7. The number of aromatic nitrogens is 3. The molecule has 4 atom stereocenters. The number of para-hydroxylation sites is 1. The maximum absolute atomic E-state index is 14.8. The molecule has 0 saturated carbocycles. The van der Waals surface area contributed by atoms with Crippen molar-refractivity contribution in [3.05, 3.63) is 116 Å². The summed E-state index contributed by atoms with van der Waals surface area (Å²) in [5.74, 6) is -2.04. The third-order valence-electron chi connectivity index (χ3n) is 9.12. The highest BCUT2D eigenvalue weighted by molar-refractivity contribution is 6.12. The molecule has 4 unspecified atom stereocenters. The second kappa shape index (κ2) is 10.1. The first-order valence-electron chi connectivity index (χ1n) is 14.1. The number of carbonyl (C=O) groups is 2. The van der Waals surface area contributed by atoms with Crippen LogP contribution in [0.4, 0.5) is 22.7 Å². The van der Waals surface area contributed by atoms with Crippen LogP contribution in [0.1, 0.15) is 46.1 Å². The van der Waals surface area contributed by atoms with E-state index in [-0.39, 0.29) is 34.8 Å². The third kappa shape index (κ3) is 3.91. The minimum Gasteiger partial charge on any atom is -0.324 e. The Morgan fingerprint density at radius 3 is 2.34 bits per heavy atom. The molecule has 4 heterocycles. The van der Waals surface area contributed by atoms with Crippen molar-refractivity contribution in [3.63, 3.8) is 0 Å². The molecule has 2 N–H and O–H groups in total. The SMILES string of the molecule is Cc1c(C(=O)C2C(c3ccc([N+](=O)[O-])cc3)C3CCCN3C23C(=O)Nc2ccccc23)nnn1Nc1ccc([N+](=O)[O-])cc1. The second-order valence-electron chi connectivity index (χ2n) is 11.2. The first-order valence-corrected chi connectivity index (χ1v) is 14.1. The quantitative estimate of drug-likeness (QED) is 0.179. The van der Waals surface area contributed by atoms with Gasteiger partial charge in [-0.1, -0.05) is 30.3 Å². The van der Waals surface area contributed by atoms with Gasteiger partial charge in [0.25, 0.3) is 11.4 Å². The van der Waals surface area contributed by atoms with Crippen LogP contribution in [0.3, 0.4) is 0 Å². The normalized spacial score (nSPS) is 23.8. The molecule has 2 saturated heterocycles. The fourth-order valence-corrected chi connectivity index (χ4v) is 7.30. The number of hydrogen-bond donors (Lipinski definition) is 2. The number of ketones is 1. The Labute approximate surface area is 249 Å². The van der Waals surface area contributed by atoms with E-state index in [2.05, 4.69) is 26.0 Å². The molecule has 14 heteroatoms. The van der Waals surface area contributed by atoms with Crippen molar-refractivity contribution in [2.45, 2.75) is 37.3 Å². The molecule has 2 fully saturated rings. The summed E-state index contributed by atoms with van der Waals surface area (Å²) in [5, 5.41) is 33.9. The monoisotopic (exact) mass is 594 g/mol. The smallest absolute Gasteiger partial charge is 0.269 e. The highest BCUT2D eigenvalue weighted by Crippen LogP contribution is 2.61. The van der Waals surface area contributed by atoms with Gasteiger partial charge in [0.05, 0.1) is 27.1 Å². The molecule has 1 amide bonds. The lowest BCUT2D eigenvalue weighted by molar-refractivity contribution is -0.385. The van der Waals surface area contributed by atoms with Crippen LogP contribution in [0.2, 0.25) is 0 Å². The van der Waals surface area contributed by atoms with E-state index in [4.69, 9.17) is 0 Å². The molecule has 4 aromatic rings. The lowest BCUT2D eigenvalue weighted by Gasteiger charge is -2.36. The van der Waals surface area contributed by atoms with Crippen LogP contribution in [0, 0.1) is 33.1 Å². The number of hydrogen-bond acceptors (Lipinski definition) is 10. The summed E-state index contributed by atoms with van der Waals surface area (Å²) < 4.78 is 0. The zero-order valence-electron chi connectivity index (χ0n) is 23.4. The number of Topliss-reactive ketones (excluding diaryl/α,β-unsaturated/α-hetero) is 1. The molecule has 44 heavy (non-hydrogen) atoms. The maximum atomic E-state index is 14.8. The predicted octanol–water partition coefficient (Wildman–Crippen LogP) is 4.19. The minimum atomic E-state index is -1.32. The van der Waals surface area contributed by atoms with Crippen molar-refractivity contribution in [1.82, 2.24) is 20.0 Å². The van der Waals surface area contributed by atoms with Crippen molar-refractivity contribution >= 4 is 34.4 Å². The Balaban J connectivity index is 1.34. The second-order valence-corrected chi connectivity index (χ2v) is 11.2. The molecule has 3 aliphatic heterocycles. The maximum Gasteiger partial charge on any atom is 0.269 e. The van der Waals surface area contributed by atoms with Gasteiger partial charge in [0, 0.05) is 47.5 Å². The Kier molecular flexibility index (Phi) is 6.25. The van der Waals surface area contributed by atoms with Crippen LogP contribution in [-0.2, 0) is 10.3 Å². The summed E-state index contributed by atoms with van der Waals surface area (Å²) in [6.07, 6.45) is 1.58. The molecular weight excluding hydrogens is 568 g/mol. The van der Waals surface area contributed by atoms with Gasteiger partial charge >= 0.3 is 0 Å². The largest absolute Gasteiger partial charge is 0.324 e. The van der Waals surface area contributed by atoms with Crippen LogP contribution in [-0.4, -0.2) is 54.1 Å². The van der Waals surface area contributed by atoms with E-state index < -0.39 is 27.2 Å². The lowest BCUT2D eigenvalue weighted by Crippen LogP contribution is -2.53. The lowest BCUT2D eigenvalue weighted by atomic mass is 9.69. The van der Waals surface area contributed by atoms with Gasteiger partial charge in [0.1, 0.15) is 5.54 Å². The Morgan fingerprint density at radius 2 is 1.66 bits per heavy atom. The number of nitro groups is 2. The molecule has 7 rings (SSSR count). The number of nitro benzene ring substituents is 2. The summed E-state index contributed by atoms with van der Waals surface area (Å²) >= 11 is 0. The summed E-state index contributed by atoms with van der Waals surface area (Å²) in [6, 6.07) is 19.2. The van der Waals surface area contributed by atoms with E-state index in [9.17, 15) is 29.8 Å². The van der Waals surface area contributed by atoms with Gasteiger partial charge in [0.2, 0.25) is 5.91 Å². The van der Waals surface area contributed by atoms with Crippen LogP contribution in [0.25, 0.3) is 0 Å². The highest BCUT2D eigenvalue weighted by atomic mass is 16.6. The van der Waals surface area contributed by atoms with E-state index in [1.165, 1.54) is 41.2 Å². The number of nitrogens with zero attached hydrogens (tertiary/aromatic N) is 6. The topological polar surface area (TPSA) is 178 Å². The van der Waals surface area contributed by atoms with Gasteiger partial charge in [-0.05, 0) is 55.3 Å². The number of benzene rings is 3. The number of amides is 1. The fraction of sp³-hybridized carbons (Fsp3) is 0.267. The number of carbonyl (C=O) groups excluding carboxylic acids is 2. The van der Waals surface area contributed by atoms with E-state index in [1.807, 2.05) is 24.3 Å². The van der Waals surface area contributed by atoms with Gasteiger partial charge in [-0.25, -0.2) is 0 Å². The third-order valence-corrected chi connectivity index (χ3v) is 9.12. The molecule has 0 radical (unpaired) electrons. The van der Waals surface area contributed by atoms with Crippen molar-refractivity contribution in [3.8, 4) is 0 Å². The molecule has 3 aliphatic rings. The highest BCUT2D eigenvalue weighted by Gasteiger charge is 2.69. The molecule has 222 valence electrons. The molecular formula is C30H26N8O6. The molecule has 3 aromatic carbocycles. The van der Waals surface area contributed by atoms with Crippen LogP contribution in [0.15, 0.2) is 72.8 Å². The molecule has 1 aromatic heterocycles. The van der Waals surface area contributed by atoms with E-state index in [0.717, 1.165) is 18.4 Å². The number of nitrogens with one attached hydrogen (secondary N) is 2. The van der Waals surface area contributed by atoms with Gasteiger partial charge in [-0.3, -0.25) is 40.1 Å². The average molecular weight is 595 g/mol. The van der Waals surface area contributed by atoms with Crippen LogP contribution in [0.5, 0.6) is 0 Å². The van der Waals surface area contributed by atoms with E-state index >= 15 is 0 Å². The van der Waals surface area contributed by atoms with Crippen molar-refractivity contribution < 1.29 is 19.4 Å². The molecule has 0 aliphatic carbocycles. The summed E-state index contributed by atoms with van der Waals surface area (Å²) in [4.78, 5) is 53.9. The van der Waals surface area contributed by atoms with E-state index in [0.29, 0.717) is 29.2 Å². The first kappa shape index (κ1) is 27.3. The zero-order valence-corrected chi connectivity index (χ0v) is 23.4. The number of anilines is 2. The van der Waals surface area contributed by atoms with Crippen LogP contribution >= 0.6 is 0 Å².